The van der Waals surface area contributed by atoms with Gasteiger partial charge in [-0.1, -0.05) is 24.3 Å². The summed E-state index contributed by atoms with van der Waals surface area (Å²) >= 11 is 1.74. The number of imidazole rings is 1. The van der Waals surface area contributed by atoms with Gasteiger partial charge < -0.3 is 9.47 Å². The van der Waals surface area contributed by atoms with Crippen LogP contribution in [0.2, 0.25) is 0 Å². The van der Waals surface area contributed by atoms with Gasteiger partial charge in [-0.15, -0.1) is 10.2 Å². The smallest absolute Gasteiger partial charge is 0.208 e. The maximum atomic E-state index is 4.67. The summed E-state index contributed by atoms with van der Waals surface area (Å²) in [5, 5.41) is 11.0. The molecule has 1 saturated heterocycles. The van der Waals surface area contributed by atoms with Crippen molar-refractivity contribution in [1.82, 2.24) is 24.7 Å². The van der Waals surface area contributed by atoms with E-state index < -0.39 is 0 Å². The first-order valence-electron chi connectivity index (χ1n) is 9.31. The minimum absolute atomic E-state index is 0.418. The van der Waals surface area contributed by atoms with Gasteiger partial charge in [0, 0.05) is 44.0 Å². The lowest BCUT2D eigenvalue weighted by Gasteiger charge is -2.32. The van der Waals surface area contributed by atoms with E-state index in [1.807, 2.05) is 24.5 Å². The van der Waals surface area contributed by atoms with Crippen molar-refractivity contribution in [2.24, 2.45) is 0 Å². The fourth-order valence-corrected chi connectivity index (χ4v) is 4.50. The van der Waals surface area contributed by atoms with Gasteiger partial charge >= 0.3 is 0 Å². The predicted octanol–water partition coefficient (Wildman–Crippen LogP) is 3.51. The van der Waals surface area contributed by atoms with E-state index in [0.717, 1.165) is 67.0 Å². The Bertz CT molecular complexity index is 827. The molecule has 136 valence electrons. The minimum Gasteiger partial charge on any atom is -0.346 e. The number of hydrogen-bond acceptors (Lipinski definition) is 6. The molecule has 0 aromatic carbocycles. The van der Waals surface area contributed by atoms with Crippen LogP contribution in [0.3, 0.4) is 0 Å². The number of aryl methyl sites for hydroxylation is 1. The fourth-order valence-electron chi connectivity index (χ4n) is 3.53. The van der Waals surface area contributed by atoms with Crippen molar-refractivity contribution in [1.29, 1.82) is 0 Å². The highest BCUT2D eigenvalue weighted by Crippen LogP contribution is 2.31. The molecule has 3 aromatic heterocycles. The van der Waals surface area contributed by atoms with Crippen molar-refractivity contribution in [3.63, 3.8) is 0 Å². The van der Waals surface area contributed by atoms with E-state index in [4.69, 9.17) is 0 Å². The number of hydrogen-bond donors (Lipinski definition) is 0. The van der Waals surface area contributed by atoms with Crippen molar-refractivity contribution in [3.05, 3.63) is 53.3 Å². The second-order valence-corrected chi connectivity index (χ2v) is 7.79. The lowest BCUT2D eigenvalue weighted by Crippen LogP contribution is -2.35. The highest BCUT2D eigenvalue weighted by molar-refractivity contribution is 7.15. The Morgan fingerprint density at radius 2 is 2.15 bits per heavy atom. The molecule has 0 spiro atoms. The van der Waals surface area contributed by atoms with Crippen LogP contribution in [-0.2, 0) is 13.0 Å². The second kappa shape index (κ2) is 7.95. The molecule has 0 aliphatic carbocycles. The molecule has 0 radical (unpaired) electrons. The Hall–Kier alpha value is -2.28. The Morgan fingerprint density at radius 1 is 1.19 bits per heavy atom. The predicted molar refractivity (Wildman–Crippen MR) is 104 cm³/mol. The maximum Gasteiger partial charge on any atom is 0.208 e. The maximum absolute atomic E-state index is 4.67. The van der Waals surface area contributed by atoms with Crippen LogP contribution in [0.25, 0.3) is 0 Å². The van der Waals surface area contributed by atoms with Gasteiger partial charge in [0.05, 0.1) is 12.2 Å². The molecule has 1 atom stereocenters. The van der Waals surface area contributed by atoms with Gasteiger partial charge in [-0.25, -0.2) is 4.98 Å². The molecule has 1 fully saturated rings. The number of pyridine rings is 1. The van der Waals surface area contributed by atoms with Gasteiger partial charge in [0.25, 0.3) is 0 Å². The van der Waals surface area contributed by atoms with E-state index in [0.29, 0.717) is 5.92 Å². The first kappa shape index (κ1) is 17.1. The van der Waals surface area contributed by atoms with E-state index in [-0.39, 0.29) is 0 Å². The fraction of sp³-hybridized carbons (Fsp3) is 0.474. The molecule has 4 heterocycles. The molecule has 7 heteroatoms. The summed E-state index contributed by atoms with van der Waals surface area (Å²) in [6.07, 6.45) is 10.3. The van der Waals surface area contributed by atoms with Crippen molar-refractivity contribution in [2.75, 3.05) is 18.0 Å². The zero-order chi connectivity index (χ0) is 17.8. The summed E-state index contributed by atoms with van der Waals surface area (Å²) in [5.74, 6) is 1.57. The Morgan fingerprint density at radius 3 is 3.00 bits per heavy atom. The molecule has 1 aliphatic rings. The number of nitrogens with zero attached hydrogens (tertiary/aromatic N) is 6. The average molecular weight is 369 g/mol. The van der Waals surface area contributed by atoms with Crippen LogP contribution in [0.1, 0.15) is 48.6 Å². The first-order valence-corrected chi connectivity index (χ1v) is 10.1. The van der Waals surface area contributed by atoms with Crippen LogP contribution < -0.4 is 4.90 Å². The molecule has 0 amide bonds. The van der Waals surface area contributed by atoms with E-state index in [1.165, 1.54) is 0 Å². The third-order valence-electron chi connectivity index (χ3n) is 4.78. The van der Waals surface area contributed by atoms with Crippen LogP contribution in [0.5, 0.6) is 0 Å². The topological polar surface area (TPSA) is 59.7 Å². The molecule has 0 unspecified atom stereocenters. The number of rotatable bonds is 6. The number of aromatic nitrogens is 5. The van der Waals surface area contributed by atoms with Gasteiger partial charge in [0.1, 0.15) is 10.8 Å². The second-order valence-electron chi connectivity index (χ2n) is 6.75. The van der Waals surface area contributed by atoms with Gasteiger partial charge in [0.2, 0.25) is 5.13 Å². The van der Waals surface area contributed by atoms with Crippen molar-refractivity contribution < 1.29 is 0 Å². The summed E-state index contributed by atoms with van der Waals surface area (Å²) in [6.45, 7) is 4.96. The van der Waals surface area contributed by atoms with Crippen LogP contribution >= 0.6 is 11.3 Å². The molecule has 1 aliphatic heterocycles. The summed E-state index contributed by atoms with van der Waals surface area (Å²) in [4.78, 5) is 11.5. The number of anilines is 1. The zero-order valence-corrected chi connectivity index (χ0v) is 15.9. The van der Waals surface area contributed by atoms with E-state index >= 15 is 0 Å². The SMILES string of the molecule is CCCc1nnc(N2CCC[C@@H](c3nccn3Cc3ccccn3)C2)s1. The standard InChI is InChI=1S/C19H24N6S/c1-2-6-17-22-23-19(26-17)25-11-5-7-15(13-25)18-21-10-12-24(18)14-16-8-3-4-9-20-16/h3-4,8-10,12,15H,2,5-7,11,13-14H2,1H3/t15-/m1/s1. The third-order valence-corrected chi connectivity index (χ3v) is 5.83. The monoisotopic (exact) mass is 368 g/mol. The van der Waals surface area contributed by atoms with Gasteiger partial charge in [-0.3, -0.25) is 4.98 Å². The molecule has 4 rings (SSSR count). The Balaban J connectivity index is 1.49. The summed E-state index contributed by atoms with van der Waals surface area (Å²) < 4.78 is 2.24. The highest BCUT2D eigenvalue weighted by Gasteiger charge is 2.26. The summed E-state index contributed by atoms with van der Waals surface area (Å²) in [6, 6.07) is 6.05. The third kappa shape index (κ3) is 3.77. The molecule has 0 saturated carbocycles. The molecular formula is C19H24N6S. The molecule has 0 bridgehead atoms. The summed E-state index contributed by atoms with van der Waals surface area (Å²) in [5.41, 5.74) is 1.06. The van der Waals surface area contributed by atoms with Crippen LogP contribution in [0.4, 0.5) is 5.13 Å². The highest BCUT2D eigenvalue weighted by atomic mass is 32.1. The quantitative estimate of drug-likeness (QED) is 0.666. The average Bonchev–Trinajstić information content (AvgIpc) is 3.33. The minimum atomic E-state index is 0.418. The van der Waals surface area contributed by atoms with Crippen LogP contribution in [-0.4, -0.2) is 37.8 Å². The lowest BCUT2D eigenvalue weighted by molar-refractivity contribution is 0.474. The van der Waals surface area contributed by atoms with Crippen molar-refractivity contribution in [3.8, 4) is 0 Å². The Kier molecular flexibility index (Phi) is 5.24. The summed E-state index contributed by atoms with van der Waals surface area (Å²) in [7, 11) is 0. The van der Waals surface area contributed by atoms with E-state index in [9.17, 15) is 0 Å². The van der Waals surface area contributed by atoms with Gasteiger partial charge in [-0.05, 0) is 31.4 Å². The van der Waals surface area contributed by atoms with E-state index in [2.05, 4.69) is 48.8 Å². The molecule has 6 nitrogen and oxygen atoms in total. The van der Waals surface area contributed by atoms with Crippen molar-refractivity contribution in [2.45, 2.75) is 45.1 Å². The molecular weight excluding hydrogens is 344 g/mol. The normalized spacial score (nSPS) is 17.6. The number of piperidine rings is 1. The van der Waals surface area contributed by atoms with Gasteiger partial charge in [-0.2, -0.15) is 0 Å². The van der Waals surface area contributed by atoms with E-state index in [1.54, 1.807) is 11.3 Å². The zero-order valence-electron chi connectivity index (χ0n) is 15.1. The largest absolute Gasteiger partial charge is 0.346 e. The van der Waals surface area contributed by atoms with Crippen LogP contribution in [0, 0.1) is 0 Å². The first-order chi connectivity index (χ1) is 12.8. The van der Waals surface area contributed by atoms with Crippen LogP contribution in [0.15, 0.2) is 36.8 Å². The van der Waals surface area contributed by atoms with Gasteiger partial charge in [0.15, 0.2) is 0 Å². The molecule has 3 aromatic rings. The lowest BCUT2D eigenvalue weighted by atomic mass is 9.97. The Labute approximate surface area is 157 Å². The molecule has 26 heavy (non-hydrogen) atoms. The molecule has 0 N–H and O–H groups in total. The van der Waals surface area contributed by atoms with Crippen molar-refractivity contribution >= 4 is 16.5 Å².